The lowest BCUT2D eigenvalue weighted by Gasteiger charge is -2.22. The molecule has 2 aromatic carbocycles. The highest BCUT2D eigenvalue weighted by Crippen LogP contribution is 2.44. The van der Waals surface area contributed by atoms with E-state index in [1.807, 2.05) is 0 Å². The van der Waals surface area contributed by atoms with Gasteiger partial charge in [0.2, 0.25) is 0 Å². The Kier molecular flexibility index (Phi) is 4.93. The molecule has 0 saturated carbocycles. The number of carbonyl (C=O) groups excluding carboxylic acids is 3. The van der Waals surface area contributed by atoms with Gasteiger partial charge in [0.25, 0.3) is 5.91 Å². The van der Waals surface area contributed by atoms with Gasteiger partial charge in [-0.3, -0.25) is 19.3 Å². The largest absolute Gasteiger partial charge is 0.468 e. The third-order valence-corrected chi connectivity index (χ3v) is 4.81. The summed E-state index contributed by atoms with van der Waals surface area (Å²) in [6.45, 7) is -0.341. The molecule has 0 saturated heterocycles. The average molecular weight is 418 g/mol. The fourth-order valence-corrected chi connectivity index (χ4v) is 3.36. The average Bonchev–Trinajstić information content (AvgIpc) is 2.84. The van der Waals surface area contributed by atoms with E-state index in [9.17, 15) is 19.5 Å². The van der Waals surface area contributed by atoms with Gasteiger partial charge in [0.1, 0.15) is 6.54 Å². The first-order valence-corrected chi connectivity index (χ1v) is 8.65. The summed E-state index contributed by atoms with van der Waals surface area (Å²) in [5.41, 5.74) is -0.978. The predicted octanol–water partition coefficient (Wildman–Crippen LogP) is 2.43. The Hall–Kier alpha value is -2.51. The maximum atomic E-state index is 12.9. The van der Waals surface area contributed by atoms with Gasteiger partial charge in [0.05, 0.1) is 19.2 Å². The minimum absolute atomic E-state index is 0.282. The van der Waals surface area contributed by atoms with Crippen molar-refractivity contribution in [3.05, 3.63) is 64.1 Å². The maximum absolute atomic E-state index is 12.9. The first-order valence-electron chi connectivity index (χ1n) is 7.86. The number of anilines is 1. The number of ether oxygens (including phenoxy) is 1. The first-order chi connectivity index (χ1) is 12.4. The zero-order valence-corrected chi connectivity index (χ0v) is 15.5. The van der Waals surface area contributed by atoms with Crippen LogP contribution in [0.1, 0.15) is 22.3 Å². The maximum Gasteiger partial charge on any atom is 0.325 e. The van der Waals surface area contributed by atoms with Crippen LogP contribution in [0.15, 0.2) is 53.0 Å². The Balaban J connectivity index is 2.01. The molecule has 26 heavy (non-hydrogen) atoms. The highest BCUT2D eigenvalue weighted by molar-refractivity contribution is 9.10. The van der Waals surface area contributed by atoms with Gasteiger partial charge >= 0.3 is 5.97 Å². The number of hydrogen-bond acceptors (Lipinski definition) is 5. The molecule has 1 aliphatic heterocycles. The number of fused-ring (bicyclic) bond motifs is 1. The number of ketones is 1. The highest BCUT2D eigenvalue weighted by atomic mass is 79.9. The van der Waals surface area contributed by atoms with E-state index >= 15 is 0 Å². The normalized spacial score (nSPS) is 18.6. The zero-order chi connectivity index (χ0) is 18.9. The number of esters is 1. The Labute approximate surface area is 158 Å². The summed E-state index contributed by atoms with van der Waals surface area (Å²) < 4.78 is 5.27. The minimum Gasteiger partial charge on any atom is -0.468 e. The van der Waals surface area contributed by atoms with Crippen LogP contribution < -0.4 is 4.90 Å². The molecule has 0 fully saturated rings. The molecule has 1 heterocycles. The molecule has 0 aromatic heterocycles. The second-order valence-electron chi connectivity index (χ2n) is 5.96. The van der Waals surface area contributed by atoms with Crippen LogP contribution in [0.25, 0.3) is 0 Å². The molecular weight excluding hydrogens is 402 g/mol. The molecule has 0 aliphatic carbocycles. The Bertz CT molecular complexity index is 883. The molecule has 1 unspecified atom stereocenters. The molecule has 0 spiro atoms. The Morgan fingerprint density at radius 2 is 1.88 bits per heavy atom. The third-order valence-electron chi connectivity index (χ3n) is 4.32. The van der Waals surface area contributed by atoms with Gasteiger partial charge < -0.3 is 9.84 Å². The SMILES string of the molecule is COC(=O)CN1C(=O)C(O)(CC(=O)c2ccccc2)c2cc(Br)ccc21. The molecule has 1 N–H and O–H groups in total. The molecular formula is C19H16BrNO5. The molecule has 6 nitrogen and oxygen atoms in total. The summed E-state index contributed by atoms with van der Waals surface area (Å²) in [5.74, 6) is -1.71. The van der Waals surface area contributed by atoms with E-state index in [-0.39, 0.29) is 17.9 Å². The van der Waals surface area contributed by atoms with E-state index in [1.165, 1.54) is 7.11 Å². The van der Waals surface area contributed by atoms with Crippen molar-refractivity contribution in [2.45, 2.75) is 12.0 Å². The van der Waals surface area contributed by atoms with Crippen molar-refractivity contribution < 1.29 is 24.2 Å². The summed E-state index contributed by atoms with van der Waals surface area (Å²) in [4.78, 5) is 38.3. The summed E-state index contributed by atoms with van der Waals surface area (Å²) in [5, 5.41) is 11.1. The molecule has 2 aromatic rings. The van der Waals surface area contributed by atoms with Gasteiger partial charge in [0, 0.05) is 15.6 Å². The smallest absolute Gasteiger partial charge is 0.325 e. The number of halogens is 1. The number of amides is 1. The Morgan fingerprint density at radius 1 is 1.19 bits per heavy atom. The van der Waals surface area contributed by atoms with Gasteiger partial charge in [-0.1, -0.05) is 46.3 Å². The second-order valence-corrected chi connectivity index (χ2v) is 6.87. The van der Waals surface area contributed by atoms with E-state index in [0.717, 1.165) is 4.90 Å². The number of carbonyl (C=O) groups is 3. The first kappa shape index (κ1) is 18.3. The van der Waals surface area contributed by atoms with Crippen molar-refractivity contribution in [3.8, 4) is 0 Å². The van der Waals surface area contributed by atoms with Crippen molar-refractivity contribution in [2.75, 3.05) is 18.6 Å². The van der Waals surface area contributed by atoms with Crippen LogP contribution in [0.2, 0.25) is 0 Å². The van der Waals surface area contributed by atoms with Crippen LogP contribution in [0, 0.1) is 0 Å². The van der Waals surface area contributed by atoms with Crippen molar-refractivity contribution in [1.82, 2.24) is 0 Å². The highest BCUT2D eigenvalue weighted by Gasteiger charge is 2.51. The number of benzene rings is 2. The van der Waals surface area contributed by atoms with E-state index in [1.54, 1.807) is 48.5 Å². The number of Topliss-reactive ketones (excluding diaryl/α,β-unsaturated/α-hetero) is 1. The monoisotopic (exact) mass is 417 g/mol. The predicted molar refractivity (Wildman–Crippen MR) is 97.8 cm³/mol. The molecule has 1 atom stereocenters. The van der Waals surface area contributed by atoms with Gasteiger partial charge in [-0.05, 0) is 18.2 Å². The Morgan fingerprint density at radius 3 is 2.54 bits per heavy atom. The summed E-state index contributed by atoms with van der Waals surface area (Å²) >= 11 is 3.31. The van der Waals surface area contributed by atoms with Crippen molar-refractivity contribution in [1.29, 1.82) is 0 Å². The molecule has 0 radical (unpaired) electrons. The van der Waals surface area contributed by atoms with Crippen LogP contribution in [0.5, 0.6) is 0 Å². The summed E-state index contributed by atoms with van der Waals surface area (Å²) in [7, 11) is 1.22. The van der Waals surface area contributed by atoms with E-state index in [2.05, 4.69) is 20.7 Å². The van der Waals surface area contributed by atoms with Gasteiger partial charge in [-0.15, -0.1) is 0 Å². The van der Waals surface area contributed by atoms with Crippen LogP contribution >= 0.6 is 15.9 Å². The molecule has 1 aliphatic rings. The molecule has 7 heteroatoms. The zero-order valence-electron chi connectivity index (χ0n) is 13.9. The van der Waals surface area contributed by atoms with Crippen molar-refractivity contribution in [2.24, 2.45) is 0 Å². The molecule has 1 amide bonds. The standard InChI is InChI=1S/C19H16BrNO5/c1-26-17(23)11-21-15-8-7-13(20)9-14(15)19(25,18(21)24)10-16(22)12-5-3-2-4-6-12/h2-9,25H,10-11H2,1H3. The lowest BCUT2D eigenvalue weighted by Crippen LogP contribution is -2.43. The topological polar surface area (TPSA) is 83.9 Å². The lowest BCUT2D eigenvalue weighted by molar-refractivity contribution is -0.142. The van der Waals surface area contributed by atoms with E-state index < -0.39 is 23.9 Å². The number of aliphatic hydroxyl groups is 1. The molecule has 0 bridgehead atoms. The van der Waals surface area contributed by atoms with Crippen LogP contribution in [0.4, 0.5) is 5.69 Å². The number of nitrogens with zero attached hydrogens (tertiary/aromatic N) is 1. The van der Waals surface area contributed by atoms with Crippen LogP contribution in [-0.2, 0) is 19.9 Å². The van der Waals surface area contributed by atoms with Crippen LogP contribution in [-0.4, -0.2) is 36.4 Å². The van der Waals surface area contributed by atoms with E-state index in [4.69, 9.17) is 0 Å². The van der Waals surface area contributed by atoms with Gasteiger partial charge in [0.15, 0.2) is 11.4 Å². The van der Waals surface area contributed by atoms with Crippen molar-refractivity contribution in [3.63, 3.8) is 0 Å². The molecule has 134 valence electrons. The third kappa shape index (κ3) is 3.15. The minimum atomic E-state index is -2.04. The van der Waals surface area contributed by atoms with Crippen molar-refractivity contribution >= 4 is 39.3 Å². The molecule has 3 rings (SSSR count). The van der Waals surface area contributed by atoms with E-state index in [0.29, 0.717) is 15.7 Å². The van der Waals surface area contributed by atoms with Crippen LogP contribution in [0.3, 0.4) is 0 Å². The summed E-state index contributed by atoms with van der Waals surface area (Å²) in [6, 6.07) is 13.3. The number of rotatable bonds is 5. The fraction of sp³-hybridized carbons (Fsp3) is 0.211. The lowest BCUT2D eigenvalue weighted by atomic mass is 9.88. The fourth-order valence-electron chi connectivity index (χ4n) is 3.00. The second kappa shape index (κ2) is 7.01. The van der Waals surface area contributed by atoms with Gasteiger partial charge in [-0.2, -0.15) is 0 Å². The van der Waals surface area contributed by atoms with Gasteiger partial charge in [-0.25, -0.2) is 0 Å². The summed E-state index contributed by atoms with van der Waals surface area (Å²) in [6.07, 6.45) is -0.420. The quantitative estimate of drug-likeness (QED) is 0.596. The number of hydrogen-bond donors (Lipinski definition) is 1. The number of methoxy groups -OCH3 is 1.